The predicted molar refractivity (Wildman–Crippen MR) is 84.1 cm³/mol. The van der Waals surface area contributed by atoms with Crippen LogP contribution in [0.15, 0.2) is 27.6 Å². The van der Waals surface area contributed by atoms with Gasteiger partial charge in [-0.15, -0.1) is 0 Å². The Kier molecular flexibility index (Phi) is 5.23. The van der Waals surface area contributed by atoms with Gasteiger partial charge in [0.15, 0.2) is 0 Å². The Labute approximate surface area is 129 Å². The average molecular weight is 361 g/mol. The molecule has 0 saturated heterocycles. The zero-order valence-electron chi connectivity index (χ0n) is 11.8. The molecule has 1 saturated carbocycles. The van der Waals surface area contributed by atoms with E-state index in [1.807, 2.05) is 6.07 Å². The van der Waals surface area contributed by atoms with Gasteiger partial charge in [0.25, 0.3) is 0 Å². The Morgan fingerprint density at radius 1 is 1.35 bits per heavy atom. The predicted octanol–water partition coefficient (Wildman–Crippen LogP) is 2.78. The van der Waals surface area contributed by atoms with Crippen molar-refractivity contribution < 1.29 is 8.42 Å². The molecule has 2 rings (SSSR count). The molecule has 0 heterocycles. The van der Waals surface area contributed by atoms with Crippen molar-refractivity contribution in [3.8, 4) is 0 Å². The minimum absolute atomic E-state index is 0.101. The van der Waals surface area contributed by atoms with E-state index < -0.39 is 10.0 Å². The van der Waals surface area contributed by atoms with Gasteiger partial charge in [0, 0.05) is 23.1 Å². The Bertz CT molecular complexity index is 569. The third-order valence-electron chi connectivity index (χ3n) is 3.43. The van der Waals surface area contributed by atoms with E-state index in [2.05, 4.69) is 39.8 Å². The number of rotatable bonds is 6. The van der Waals surface area contributed by atoms with Gasteiger partial charge < -0.3 is 5.32 Å². The van der Waals surface area contributed by atoms with Gasteiger partial charge in [-0.3, -0.25) is 0 Å². The molecule has 0 unspecified atom stereocenters. The first-order valence-corrected chi connectivity index (χ1v) is 9.20. The van der Waals surface area contributed by atoms with E-state index in [-0.39, 0.29) is 6.04 Å². The summed E-state index contributed by atoms with van der Waals surface area (Å²) in [6, 6.07) is 5.94. The maximum atomic E-state index is 12.4. The molecule has 0 amide bonds. The number of benzene rings is 1. The van der Waals surface area contributed by atoms with E-state index in [9.17, 15) is 8.42 Å². The second-order valence-electron chi connectivity index (χ2n) is 5.55. The van der Waals surface area contributed by atoms with Gasteiger partial charge in [-0.05, 0) is 46.5 Å². The van der Waals surface area contributed by atoms with Gasteiger partial charge >= 0.3 is 0 Å². The first-order chi connectivity index (χ1) is 9.38. The molecule has 4 nitrogen and oxygen atoms in total. The van der Waals surface area contributed by atoms with Gasteiger partial charge in [0.1, 0.15) is 0 Å². The summed E-state index contributed by atoms with van der Waals surface area (Å²) in [4.78, 5) is 0.326. The number of hydrogen-bond donors (Lipinski definition) is 2. The van der Waals surface area contributed by atoms with Gasteiger partial charge in [-0.2, -0.15) is 0 Å². The third kappa shape index (κ3) is 4.04. The molecular formula is C14H21BrN2O2S. The summed E-state index contributed by atoms with van der Waals surface area (Å²) in [5.74, 6) is 0. The summed E-state index contributed by atoms with van der Waals surface area (Å²) in [7, 11) is -3.44. The van der Waals surface area contributed by atoms with Crippen molar-refractivity contribution in [2.24, 2.45) is 0 Å². The summed E-state index contributed by atoms with van der Waals surface area (Å²) in [6.07, 6.45) is 2.98. The maximum Gasteiger partial charge on any atom is 0.241 e. The SMILES string of the molecule is CC(C)NCc1ccc(Br)c(S(=O)(=O)NC2CCC2)c1. The highest BCUT2D eigenvalue weighted by atomic mass is 79.9. The van der Waals surface area contributed by atoms with Gasteiger partial charge in [0.05, 0.1) is 4.90 Å². The van der Waals surface area contributed by atoms with Crippen LogP contribution in [0.2, 0.25) is 0 Å². The molecule has 0 bridgehead atoms. The molecular weight excluding hydrogens is 340 g/mol. The highest BCUT2D eigenvalue weighted by molar-refractivity contribution is 9.10. The smallest absolute Gasteiger partial charge is 0.241 e. The maximum absolute atomic E-state index is 12.4. The molecule has 1 aromatic carbocycles. The Morgan fingerprint density at radius 3 is 2.60 bits per heavy atom. The van der Waals surface area contributed by atoms with Crippen molar-refractivity contribution in [2.45, 2.75) is 56.6 Å². The van der Waals surface area contributed by atoms with E-state index >= 15 is 0 Å². The summed E-state index contributed by atoms with van der Waals surface area (Å²) in [5, 5.41) is 3.29. The number of sulfonamides is 1. The van der Waals surface area contributed by atoms with Crippen LogP contribution in [0.3, 0.4) is 0 Å². The molecule has 20 heavy (non-hydrogen) atoms. The van der Waals surface area contributed by atoms with Crippen LogP contribution in [0.1, 0.15) is 38.7 Å². The van der Waals surface area contributed by atoms with Crippen molar-refractivity contribution in [1.82, 2.24) is 10.0 Å². The van der Waals surface area contributed by atoms with Crippen molar-refractivity contribution in [3.63, 3.8) is 0 Å². The van der Waals surface area contributed by atoms with Crippen LogP contribution in [-0.4, -0.2) is 20.5 Å². The highest BCUT2D eigenvalue weighted by Crippen LogP contribution is 2.26. The monoisotopic (exact) mass is 360 g/mol. The van der Waals surface area contributed by atoms with Crippen LogP contribution in [0.25, 0.3) is 0 Å². The minimum Gasteiger partial charge on any atom is -0.310 e. The molecule has 1 fully saturated rings. The molecule has 0 radical (unpaired) electrons. The molecule has 1 aromatic rings. The Hall–Kier alpha value is -0.430. The molecule has 0 aliphatic heterocycles. The lowest BCUT2D eigenvalue weighted by atomic mass is 9.94. The fourth-order valence-electron chi connectivity index (χ4n) is 1.99. The lowest BCUT2D eigenvalue weighted by molar-refractivity contribution is 0.383. The summed E-state index contributed by atoms with van der Waals surface area (Å²) >= 11 is 3.34. The third-order valence-corrected chi connectivity index (χ3v) is 5.94. The van der Waals surface area contributed by atoms with Crippen molar-refractivity contribution in [3.05, 3.63) is 28.2 Å². The molecule has 2 N–H and O–H groups in total. The van der Waals surface area contributed by atoms with Crippen LogP contribution in [0, 0.1) is 0 Å². The Balaban J connectivity index is 2.18. The first kappa shape index (κ1) is 15.9. The van der Waals surface area contributed by atoms with Gasteiger partial charge in [0.2, 0.25) is 10.0 Å². The molecule has 6 heteroatoms. The molecule has 1 aliphatic carbocycles. The molecule has 0 atom stereocenters. The van der Waals surface area contributed by atoms with Crippen LogP contribution in [0.4, 0.5) is 0 Å². The standard InChI is InChI=1S/C14H21BrN2O2S/c1-10(2)16-9-11-6-7-13(15)14(8-11)20(18,19)17-12-4-3-5-12/h6-8,10,12,16-17H,3-5,9H2,1-2H3. The van der Waals surface area contributed by atoms with E-state index in [1.165, 1.54) is 0 Å². The summed E-state index contributed by atoms with van der Waals surface area (Å²) in [6.45, 7) is 4.79. The summed E-state index contributed by atoms with van der Waals surface area (Å²) in [5.41, 5.74) is 0.968. The zero-order valence-corrected chi connectivity index (χ0v) is 14.2. The molecule has 0 aromatic heterocycles. The molecule has 1 aliphatic rings. The topological polar surface area (TPSA) is 58.2 Å². The lowest BCUT2D eigenvalue weighted by Crippen LogP contribution is -2.39. The Morgan fingerprint density at radius 2 is 2.05 bits per heavy atom. The van der Waals surface area contributed by atoms with Crippen LogP contribution >= 0.6 is 15.9 Å². The quantitative estimate of drug-likeness (QED) is 0.819. The van der Waals surface area contributed by atoms with E-state index in [1.54, 1.807) is 12.1 Å². The minimum atomic E-state index is -3.44. The second kappa shape index (κ2) is 6.56. The second-order valence-corrected chi connectivity index (χ2v) is 8.09. The summed E-state index contributed by atoms with van der Waals surface area (Å²) < 4.78 is 28.1. The fraction of sp³-hybridized carbons (Fsp3) is 0.571. The van der Waals surface area contributed by atoms with Gasteiger partial charge in [-0.1, -0.05) is 26.3 Å². The van der Waals surface area contributed by atoms with Gasteiger partial charge in [-0.25, -0.2) is 13.1 Å². The van der Waals surface area contributed by atoms with E-state index in [0.29, 0.717) is 22.0 Å². The zero-order chi connectivity index (χ0) is 14.8. The number of hydrogen-bond acceptors (Lipinski definition) is 3. The van der Waals surface area contributed by atoms with Crippen molar-refractivity contribution >= 4 is 26.0 Å². The average Bonchev–Trinajstić information content (AvgIpc) is 2.33. The number of halogens is 1. The van der Waals surface area contributed by atoms with Crippen molar-refractivity contribution in [1.29, 1.82) is 0 Å². The van der Waals surface area contributed by atoms with E-state index in [4.69, 9.17) is 0 Å². The number of nitrogens with one attached hydrogen (secondary N) is 2. The highest BCUT2D eigenvalue weighted by Gasteiger charge is 2.26. The van der Waals surface area contributed by atoms with Crippen LogP contribution in [0.5, 0.6) is 0 Å². The largest absolute Gasteiger partial charge is 0.310 e. The molecule has 112 valence electrons. The fourth-order valence-corrected chi connectivity index (χ4v) is 4.31. The lowest BCUT2D eigenvalue weighted by Gasteiger charge is -2.26. The van der Waals surface area contributed by atoms with Crippen molar-refractivity contribution in [2.75, 3.05) is 0 Å². The van der Waals surface area contributed by atoms with E-state index in [0.717, 1.165) is 24.8 Å². The van der Waals surface area contributed by atoms with Crippen LogP contribution < -0.4 is 10.0 Å². The molecule has 0 spiro atoms. The van der Waals surface area contributed by atoms with Crippen LogP contribution in [-0.2, 0) is 16.6 Å². The normalized spacial score (nSPS) is 16.4. The first-order valence-electron chi connectivity index (χ1n) is 6.92.